The molecule has 178 valence electrons. The van der Waals surface area contributed by atoms with E-state index in [1.165, 1.54) is 16.4 Å². The van der Waals surface area contributed by atoms with Crippen molar-refractivity contribution in [3.05, 3.63) is 66.5 Å². The summed E-state index contributed by atoms with van der Waals surface area (Å²) < 4.78 is 59.9. The summed E-state index contributed by atoms with van der Waals surface area (Å²) >= 11 is 0. The lowest BCUT2D eigenvalue weighted by atomic mass is 10.1. The Balaban J connectivity index is 1.97. The number of pyridine rings is 1. The second kappa shape index (κ2) is 10.3. The molecule has 0 saturated carbocycles. The molecule has 1 atom stereocenters. The van der Waals surface area contributed by atoms with Crippen molar-refractivity contribution in [2.45, 2.75) is 49.9 Å². The van der Waals surface area contributed by atoms with Crippen LogP contribution in [0.5, 0.6) is 0 Å². The van der Waals surface area contributed by atoms with Crippen LogP contribution in [0.2, 0.25) is 0 Å². The maximum absolute atomic E-state index is 13.8. The molecule has 0 saturated heterocycles. The molecule has 9 heteroatoms. The van der Waals surface area contributed by atoms with Crippen molar-refractivity contribution in [3.8, 4) is 0 Å². The van der Waals surface area contributed by atoms with Gasteiger partial charge in [-0.25, -0.2) is 8.42 Å². The van der Waals surface area contributed by atoms with E-state index >= 15 is 0 Å². The first-order valence-corrected chi connectivity index (χ1v) is 13.7. The van der Waals surface area contributed by atoms with Gasteiger partial charge in [-0.3, -0.25) is 9.17 Å². The van der Waals surface area contributed by atoms with Gasteiger partial charge in [0.25, 0.3) is 10.1 Å². The number of fused-ring (bicyclic) bond motifs is 1. The molecule has 2 aromatic carbocycles. The third-order valence-corrected chi connectivity index (χ3v) is 8.79. The molecule has 33 heavy (non-hydrogen) atoms. The van der Waals surface area contributed by atoms with Crippen LogP contribution in [-0.2, 0) is 24.3 Å². The van der Waals surface area contributed by atoms with Gasteiger partial charge < -0.3 is 0 Å². The van der Waals surface area contributed by atoms with Crippen molar-refractivity contribution in [2.24, 2.45) is 5.92 Å². The fraction of sp³-hybridized carbons (Fsp3) is 0.375. The second-order valence-electron chi connectivity index (χ2n) is 8.33. The molecule has 3 rings (SSSR count). The van der Waals surface area contributed by atoms with Crippen LogP contribution >= 0.6 is 0 Å². The topological polar surface area (TPSA) is 93.6 Å². The standard InChI is InChI=1S/C24H30N2O5S2/c1-5-15-26(32(27,28)24-8-6-7-20-16-25-14-13-22(20)24)23(18(2)3)17-31-33(29,30)21-11-9-19(4)10-12-21/h6-14,16,18,23H,5,15,17H2,1-4H3. The van der Waals surface area contributed by atoms with Crippen molar-refractivity contribution in [1.29, 1.82) is 0 Å². The van der Waals surface area contributed by atoms with Crippen LogP contribution in [0.3, 0.4) is 0 Å². The second-order valence-corrected chi connectivity index (χ2v) is 11.8. The van der Waals surface area contributed by atoms with E-state index in [1.54, 1.807) is 42.7 Å². The van der Waals surface area contributed by atoms with Gasteiger partial charge in [0.15, 0.2) is 0 Å². The molecule has 0 N–H and O–H groups in total. The zero-order valence-electron chi connectivity index (χ0n) is 19.3. The number of sulfonamides is 1. The molecule has 0 spiro atoms. The van der Waals surface area contributed by atoms with E-state index < -0.39 is 26.2 Å². The van der Waals surface area contributed by atoms with Gasteiger partial charge in [-0.1, -0.05) is 50.6 Å². The monoisotopic (exact) mass is 490 g/mol. The highest BCUT2D eigenvalue weighted by molar-refractivity contribution is 7.89. The van der Waals surface area contributed by atoms with Crippen molar-refractivity contribution in [3.63, 3.8) is 0 Å². The van der Waals surface area contributed by atoms with Gasteiger partial charge in [-0.15, -0.1) is 0 Å². The maximum atomic E-state index is 13.8. The highest BCUT2D eigenvalue weighted by Gasteiger charge is 2.35. The van der Waals surface area contributed by atoms with Crippen molar-refractivity contribution in [2.75, 3.05) is 13.2 Å². The molecule has 0 radical (unpaired) electrons. The first kappa shape index (κ1) is 25.3. The Morgan fingerprint density at radius 2 is 1.70 bits per heavy atom. The number of benzene rings is 2. The van der Waals surface area contributed by atoms with Crippen LogP contribution in [0.15, 0.2) is 70.7 Å². The molecule has 0 aliphatic carbocycles. The molecular weight excluding hydrogens is 460 g/mol. The number of rotatable bonds is 10. The van der Waals surface area contributed by atoms with Gasteiger partial charge in [0, 0.05) is 29.7 Å². The Hall–Kier alpha value is -2.33. The summed E-state index contributed by atoms with van der Waals surface area (Å²) in [4.78, 5) is 4.29. The van der Waals surface area contributed by atoms with E-state index in [4.69, 9.17) is 4.18 Å². The summed E-state index contributed by atoms with van der Waals surface area (Å²) in [6.07, 6.45) is 3.75. The lowest BCUT2D eigenvalue weighted by Crippen LogP contribution is -2.46. The zero-order chi connectivity index (χ0) is 24.2. The highest BCUT2D eigenvalue weighted by Crippen LogP contribution is 2.29. The lowest BCUT2D eigenvalue weighted by molar-refractivity contribution is 0.170. The molecule has 0 amide bonds. The summed E-state index contributed by atoms with van der Waals surface area (Å²) in [5, 5.41) is 1.29. The van der Waals surface area contributed by atoms with E-state index in [0.29, 0.717) is 17.2 Å². The minimum Gasteiger partial charge on any atom is -0.265 e. The van der Waals surface area contributed by atoms with E-state index in [1.807, 2.05) is 33.8 Å². The summed E-state index contributed by atoms with van der Waals surface area (Å²) in [7, 11) is -7.97. The lowest BCUT2D eigenvalue weighted by Gasteiger charge is -2.33. The van der Waals surface area contributed by atoms with Gasteiger partial charge in [-0.2, -0.15) is 12.7 Å². The first-order valence-electron chi connectivity index (χ1n) is 10.9. The third kappa shape index (κ3) is 5.60. The molecule has 0 fully saturated rings. The van der Waals surface area contributed by atoms with Crippen LogP contribution in [0, 0.1) is 12.8 Å². The number of aryl methyl sites for hydroxylation is 1. The largest absolute Gasteiger partial charge is 0.297 e. The first-order chi connectivity index (χ1) is 15.6. The van der Waals surface area contributed by atoms with E-state index in [0.717, 1.165) is 5.56 Å². The van der Waals surface area contributed by atoms with Gasteiger partial charge in [0.05, 0.1) is 22.4 Å². The van der Waals surface area contributed by atoms with Crippen LogP contribution in [0.1, 0.15) is 32.8 Å². The Labute approximate surface area is 196 Å². The van der Waals surface area contributed by atoms with E-state index in [9.17, 15) is 16.8 Å². The van der Waals surface area contributed by atoms with Crippen molar-refractivity contribution >= 4 is 30.9 Å². The van der Waals surface area contributed by atoms with Gasteiger partial charge in [0.1, 0.15) is 0 Å². The van der Waals surface area contributed by atoms with Gasteiger partial charge >= 0.3 is 0 Å². The SMILES string of the molecule is CCCN(C(COS(=O)(=O)c1ccc(C)cc1)C(C)C)S(=O)(=O)c1cccc2cnccc12. The molecule has 7 nitrogen and oxygen atoms in total. The summed E-state index contributed by atoms with van der Waals surface area (Å²) in [5.41, 5.74) is 0.930. The van der Waals surface area contributed by atoms with E-state index in [-0.39, 0.29) is 28.9 Å². The predicted molar refractivity (Wildman–Crippen MR) is 129 cm³/mol. The molecule has 1 unspecified atom stereocenters. The minimum absolute atomic E-state index is 0.0436. The van der Waals surface area contributed by atoms with Crippen LogP contribution < -0.4 is 0 Å². The summed E-state index contributed by atoms with van der Waals surface area (Å²) in [6, 6.07) is 12.4. The summed E-state index contributed by atoms with van der Waals surface area (Å²) in [6.45, 7) is 7.43. The Morgan fingerprint density at radius 3 is 2.33 bits per heavy atom. The van der Waals surface area contributed by atoms with Crippen molar-refractivity contribution < 1.29 is 21.0 Å². The highest BCUT2D eigenvalue weighted by atomic mass is 32.2. The van der Waals surface area contributed by atoms with Gasteiger partial charge in [-0.05, 0) is 43.5 Å². The van der Waals surface area contributed by atoms with Crippen molar-refractivity contribution in [1.82, 2.24) is 9.29 Å². The predicted octanol–water partition coefficient (Wildman–Crippen LogP) is 4.37. The van der Waals surface area contributed by atoms with Gasteiger partial charge in [0.2, 0.25) is 10.0 Å². The zero-order valence-corrected chi connectivity index (χ0v) is 20.9. The number of hydrogen-bond donors (Lipinski definition) is 0. The quantitative estimate of drug-likeness (QED) is 0.392. The van der Waals surface area contributed by atoms with Crippen LogP contribution in [0.25, 0.3) is 10.8 Å². The van der Waals surface area contributed by atoms with Crippen LogP contribution in [0.4, 0.5) is 0 Å². The number of hydrogen-bond acceptors (Lipinski definition) is 6. The smallest absolute Gasteiger partial charge is 0.265 e. The Kier molecular flexibility index (Phi) is 7.89. The fourth-order valence-corrected chi connectivity index (χ4v) is 6.64. The normalized spacial score (nSPS) is 13.6. The molecule has 0 aliphatic rings. The van der Waals surface area contributed by atoms with Crippen LogP contribution in [-0.4, -0.2) is 45.3 Å². The third-order valence-electron chi connectivity index (χ3n) is 5.51. The minimum atomic E-state index is -4.03. The maximum Gasteiger partial charge on any atom is 0.297 e. The Morgan fingerprint density at radius 1 is 1.00 bits per heavy atom. The molecule has 3 aromatic rings. The number of aromatic nitrogens is 1. The average Bonchev–Trinajstić information content (AvgIpc) is 2.78. The molecule has 1 aromatic heterocycles. The fourth-order valence-electron chi connectivity index (χ4n) is 3.67. The molecule has 0 aliphatic heterocycles. The number of nitrogens with zero attached hydrogens (tertiary/aromatic N) is 2. The van der Waals surface area contributed by atoms with E-state index in [2.05, 4.69) is 4.98 Å². The molecule has 1 heterocycles. The Bertz CT molecular complexity index is 1300. The molecule has 0 bridgehead atoms. The average molecular weight is 491 g/mol. The molecular formula is C24H30N2O5S2. The summed E-state index contributed by atoms with van der Waals surface area (Å²) in [5.74, 6) is -0.184.